The number of piperidine rings is 1. The van der Waals surface area contributed by atoms with Gasteiger partial charge in [-0.05, 0) is 37.1 Å². The lowest BCUT2D eigenvalue weighted by Crippen LogP contribution is -2.47. The Morgan fingerprint density at radius 1 is 1.24 bits per heavy atom. The summed E-state index contributed by atoms with van der Waals surface area (Å²) in [5, 5.41) is 7.12. The second-order valence-electron chi connectivity index (χ2n) is 7.83. The molecule has 2 aromatic heterocycles. The topological polar surface area (TPSA) is 93.9 Å². The number of alkyl halides is 3. The van der Waals surface area contributed by atoms with Crippen LogP contribution in [0.2, 0.25) is 0 Å². The number of likely N-dealkylation sites (tertiary alicyclic amines) is 1. The number of hydrogen-bond acceptors (Lipinski definition) is 5. The van der Waals surface area contributed by atoms with Crippen molar-refractivity contribution in [3.63, 3.8) is 0 Å². The maximum Gasteiger partial charge on any atom is 0.490 e. The van der Waals surface area contributed by atoms with Crippen molar-refractivity contribution in [3.05, 3.63) is 48.2 Å². The molecule has 4 rings (SSSR count). The van der Waals surface area contributed by atoms with Gasteiger partial charge in [-0.1, -0.05) is 0 Å². The van der Waals surface area contributed by atoms with E-state index >= 15 is 0 Å². The minimum atomic E-state index is -5.08. The molecule has 2 saturated heterocycles. The van der Waals surface area contributed by atoms with Crippen LogP contribution < -0.4 is 4.74 Å². The first-order chi connectivity index (χ1) is 15.5. The monoisotopic (exact) mass is 473 g/mol. The van der Waals surface area contributed by atoms with Gasteiger partial charge in [0.05, 0.1) is 12.2 Å². The summed E-state index contributed by atoms with van der Waals surface area (Å²) in [6, 6.07) is 6.58. The predicted molar refractivity (Wildman–Crippen MR) is 106 cm³/mol. The second-order valence-corrected chi connectivity index (χ2v) is 7.83. The molecular formula is C21H23F4N3O5. The van der Waals surface area contributed by atoms with E-state index in [1.807, 2.05) is 34.8 Å². The molecule has 0 aliphatic carbocycles. The van der Waals surface area contributed by atoms with Gasteiger partial charge in [-0.25, -0.2) is 14.2 Å². The summed E-state index contributed by atoms with van der Waals surface area (Å²) >= 11 is 0. The molecule has 1 N–H and O–H groups in total. The van der Waals surface area contributed by atoms with E-state index in [-0.39, 0.29) is 23.5 Å². The number of carbonyl (C=O) groups is 2. The van der Waals surface area contributed by atoms with Crippen LogP contribution in [0, 0.1) is 5.82 Å². The van der Waals surface area contributed by atoms with E-state index in [0.717, 1.165) is 12.8 Å². The first-order valence-electron chi connectivity index (χ1n) is 10.1. The minimum absolute atomic E-state index is 0.0227. The third-order valence-electron chi connectivity index (χ3n) is 5.55. The second kappa shape index (κ2) is 9.77. The van der Waals surface area contributed by atoms with Crippen LogP contribution in [0.15, 0.2) is 36.7 Å². The van der Waals surface area contributed by atoms with Gasteiger partial charge in [0, 0.05) is 39.0 Å². The van der Waals surface area contributed by atoms with Gasteiger partial charge in [0.25, 0.3) is 11.8 Å². The number of nitrogens with zero attached hydrogens (tertiary/aromatic N) is 3. The number of ether oxygens (including phenoxy) is 2. The number of aromatic nitrogens is 2. The van der Waals surface area contributed by atoms with Crippen LogP contribution in [-0.4, -0.2) is 69.0 Å². The van der Waals surface area contributed by atoms with Crippen LogP contribution in [0.1, 0.15) is 29.8 Å². The van der Waals surface area contributed by atoms with E-state index in [0.29, 0.717) is 31.8 Å². The summed E-state index contributed by atoms with van der Waals surface area (Å²) < 4.78 is 59.0. The number of carbonyl (C=O) groups excluding carboxylic acids is 1. The van der Waals surface area contributed by atoms with Crippen molar-refractivity contribution in [1.29, 1.82) is 0 Å². The van der Waals surface area contributed by atoms with Gasteiger partial charge in [0.2, 0.25) is 0 Å². The average Bonchev–Trinajstić information content (AvgIpc) is 3.36. The van der Waals surface area contributed by atoms with Crippen molar-refractivity contribution < 1.29 is 41.7 Å². The zero-order valence-corrected chi connectivity index (χ0v) is 17.7. The number of carboxylic acid groups (broad SMARTS) is 1. The molecule has 0 aromatic carbocycles. The summed E-state index contributed by atoms with van der Waals surface area (Å²) in [4.78, 5) is 27.3. The molecule has 0 radical (unpaired) electrons. The highest BCUT2D eigenvalue weighted by atomic mass is 19.4. The zero-order chi connectivity index (χ0) is 24.2. The number of rotatable bonds is 3. The Bertz CT molecular complexity index is 986. The fraction of sp³-hybridized carbons (Fsp3) is 0.476. The Balaban J connectivity index is 0.000000383. The van der Waals surface area contributed by atoms with Crippen molar-refractivity contribution in [1.82, 2.24) is 14.5 Å². The third-order valence-corrected chi connectivity index (χ3v) is 5.55. The molecule has 12 heteroatoms. The molecule has 180 valence electrons. The molecule has 2 aromatic rings. The third kappa shape index (κ3) is 6.01. The molecule has 1 amide bonds. The van der Waals surface area contributed by atoms with Crippen LogP contribution in [0.4, 0.5) is 17.6 Å². The van der Waals surface area contributed by atoms with Crippen molar-refractivity contribution in [2.75, 3.05) is 19.7 Å². The van der Waals surface area contributed by atoms with Crippen LogP contribution in [0.25, 0.3) is 0 Å². The maximum atomic E-state index is 13.7. The zero-order valence-electron chi connectivity index (χ0n) is 17.7. The fourth-order valence-corrected chi connectivity index (χ4v) is 3.81. The number of hydrogen-bond donors (Lipinski definition) is 1. The lowest BCUT2D eigenvalue weighted by molar-refractivity contribution is -0.192. The van der Waals surface area contributed by atoms with Crippen molar-refractivity contribution >= 4 is 11.9 Å². The average molecular weight is 473 g/mol. The van der Waals surface area contributed by atoms with Gasteiger partial charge in [-0.2, -0.15) is 13.2 Å². The summed E-state index contributed by atoms with van der Waals surface area (Å²) in [5.74, 6) is -3.15. The first kappa shape index (κ1) is 24.5. The summed E-state index contributed by atoms with van der Waals surface area (Å²) in [6.45, 7) is 1.71. The molecular weight excluding hydrogens is 450 g/mol. The lowest BCUT2D eigenvalue weighted by atomic mass is 9.88. The van der Waals surface area contributed by atoms with E-state index in [4.69, 9.17) is 19.4 Å². The highest BCUT2D eigenvalue weighted by Gasteiger charge is 2.44. The van der Waals surface area contributed by atoms with Gasteiger partial charge in [0.1, 0.15) is 11.8 Å². The number of amides is 1. The van der Waals surface area contributed by atoms with Crippen molar-refractivity contribution in [2.45, 2.75) is 37.1 Å². The first-order valence-corrected chi connectivity index (χ1v) is 10.1. The maximum absolute atomic E-state index is 13.7. The van der Waals surface area contributed by atoms with Crippen LogP contribution in [-0.2, 0) is 16.6 Å². The molecule has 1 spiro atoms. The van der Waals surface area contributed by atoms with E-state index in [1.54, 1.807) is 0 Å². The lowest BCUT2D eigenvalue weighted by Gasteiger charge is -2.38. The van der Waals surface area contributed by atoms with E-state index < -0.39 is 18.0 Å². The van der Waals surface area contributed by atoms with Gasteiger partial charge < -0.3 is 24.0 Å². The number of pyridine rings is 1. The number of carboxylic acids is 1. The fourth-order valence-electron chi connectivity index (χ4n) is 3.81. The molecule has 1 unspecified atom stereocenters. The molecule has 2 aliphatic heterocycles. The van der Waals surface area contributed by atoms with Gasteiger partial charge >= 0.3 is 12.1 Å². The standard InChI is InChI=1S/C19H22FN3O3.C2HF3O2/c1-22-9-3-5-16(22)18(24)23-10-6-19(7-11-23)12-14(13-25-19)26-17-15(20)4-2-8-21-17;3-2(4,5)1(6)7/h2-5,8-9,14H,6-7,10-13H2,1H3;(H,6,7). The smallest absolute Gasteiger partial charge is 0.475 e. The van der Waals surface area contributed by atoms with Crippen LogP contribution in [0.3, 0.4) is 0 Å². The molecule has 0 saturated carbocycles. The quantitative estimate of drug-likeness (QED) is 0.689. The minimum Gasteiger partial charge on any atom is -0.475 e. The Labute approximate surface area is 186 Å². The van der Waals surface area contributed by atoms with Gasteiger partial charge in [0.15, 0.2) is 5.82 Å². The summed E-state index contributed by atoms with van der Waals surface area (Å²) in [5.41, 5.74) is 0.404. The summed E-state index contributed by atoms with van der Waals surface area (Å²) in [7, 11) is 1.87. The number of aliphatic carboxylic acids is 1. The molecule has 0 bridgehead atoms. The van der Waals surface area contributed by atoms with E-state index in [9.17, 15) is 22.4 Å². The Morgan fingerprint density at radius 2 is 1.91 bits per heavy atom. The van der Waals surface area contributed by atoms with Crippen LogP contribution in [0.5, 0.6) is 5.88 Å². The highest BCUT2D eigenvalue weighted by molar-refractivity contribution is 5.92. The SMILES string of the molecule is Cn1cccc1C(=O)N1CCC2(CC1)CC(Oc1ncccc1F)CO2.O=C(O)C(F)(F)F. The van der Waals surface area contributed by atoms with E-state index in [1.165, 1.54) is 18.3 Å². The van der Waals surface area contributed by atoms with Crippen LogP contribution >= 0.6 is 0 Å². The molecule has 2 fully saturated rings. The molecule has 1 atom stereocenters. The number of aryl methyl sites for hydroxylation is 1. The van der Waals surface area contributed by atoms with E-state index in [2.05, 4.69) is 4.98 Å². The molecule has 8 nitrogen and oxygen atoms in total. The highest BCUT2D eigenvalue weighted by Crippen LogP contribution is 2.37. The van der Waals surface area contributed by atoms with Crippen molar-refractivity contribution in [2.24, 2.45) is 7.05 Å². The normalized spacial score (nSPS) is 19.7. The Hall–Kier alpha value is -3.15. The molecule has 33 heavy (non-hydrogen) atoms. The van der Waals surface area contributed by atoms with Crippen molar-refractivity contribution in [3.8, 4) is 5.88 Å². The van der Waals surface area contributed by atoms with Gasteiger partial charge in [-0.15, -0.1) is 0 Å². The Morgan fingerprint density at radius 3 is 2.45 bits per heavy atom. The molecule has 4 heterocycles. The Kier molecular flexibility index (Phi) is 7.25. The van der Waals surface area contributed by atoms with Gasteiger partial charge in [-0.3, -0.25) is 4.79 Å². The summed E-state index contributed by atoms with van der Waals surface area (Å²) in [6.07, 6.45) is 0.292. The molecule has 2 aliphatic rings. The number of halogens is 4. The predicted octanol–water partition coefficient (Wildman–Crippen LogP) is 3.04. The largest absolute Gasteiger partial charge is 0.490 e.